The minimum absolute atomic E-state index is 0.235. The van der Waals surface area contributed by atoms with E-state index < -0.39 is 31.7 Å². The number of carbonyl (C=O) groups is 2. The van der Waals surface area contributed by atoms with E-state index in [2.05, 4.69) is 10.6 Å². The first-order valence-corrected chi connectivity index (χ1v) is 7.25. The summed E-state index contributed by atoms with van der Waals surface area (Å²) in [6, 6.07) is 7.55. The predicted molar refractivity (Wildman–Crippen MR) is 78.8 cm³/mol. The second kappa shape index (κ2) is 6.17. The quantitative estimate of drug-likeness (QED) is 0.353. The molecular weight excluding hydrogens is 293 g/mol. The smallest absolute Gasteiger partial charge is 0.328 e. The lowest BCUT2D eigenvalue weighted by atomic mass is 9.99. The van der Waals surface area contributed by atoms with Crippen LogP contribution >= 0.6 is 8.46 Å². The van der Waals surface area contributed by atoms with Crippen LogP contribution in [0.1, 0.15) is 6.42 Å². The molecule has 0 aromatic heterocycles. The van der Waals surface area contributed by atoms with Gasteiger partial charge in [-0.25, -0.2) is 10.6 Å². The van der Waals surface area contributed by atoms with Gasteiger partial charge >= 0.3 is 25.7 Å². The SMILES string of the molecule is NN1CCC(NC(=O)Nc2ccccc2)[C@](N)([PH+]=O)C1=O. The van der Waals surface area contributed by atoms with Crippen LogP contribution in [0.15, 0.2) is 30.3 Å². The largest absolute Gasteiger partial charge is 0.359 e. The third kappa shape index (κ3) is 3.18. The highest BCUT2D eigenvalue weighted by Crippen LogP contribution is 2.29. The summed E-state index contributed by atoms with van der Waals surface area (Å²) in [4.78, 5) is 23.9. The Hall–Kier alpha value is -2.02. The molecule has 1 aromatic carbocycles. The van der Waals surface area contributed by atoms with Crippen LogP contribution in [0.3, 0.4) is 0 Å². The molecule has 8 nitrogen and oxygen atoms in total. The Kier molecular flexibility index (Phi) is 4.52. The molecule has 0 bridgehead atoms. The summed E-state index contributed by atoms with van der Waals surface area (Å²) < 4.78 is 11.3. The van der Waals surface area contributed by atoms with E-state index in [1.807, 2.05) is 6.07 Å². The predicted octanol–water partition coefficient (Wildman–Crippen LogP) is -0.0383. The van der Waals surface area contributed by atoms with E-state index in [1.54, 1.807) is 24.3 Å². The minimum atomic E-state index is -1.69. The lowest BCUT2D eigenvalue weighted by Gasteiger charge is -2.35. The van der Waals surface area contributed by atoms with Crippen LogP contribution in [0.4, 0.5) is 10.5 Å². The van der Waals surface area contributed by atoms with E-state index in [-0.39, 0.29) is 6.54 Å². The zero-order chi connectivity index (χ0) is 15.5. The van der Waals surface area contributed by atoms with Gasteiger partial charge in [0, 0.05) is 12.2 Å². The average molecular weight is 310 g/mol. The van der Waals surface area contributed by atoms with Gasteiger partial charge in [-0.3, -0.25) is 15.5 Å². The molecule has 21 heavy (non-hydrogen) atoms. The lowest BCUT2D eigenvalue weighted by molar-refractivity contribution is -0.137. The van der Waals surface area contributed by atoms with Crippen molar-refractivity contribution < 1.29 is 14.2 Å². The third-order valence-corrected chi connectivity index (χ3v) is 4.23. The maximum atomic E-state index is 11.9. The summed E-state index contributed by atoms with van der Waals surface area (Å²) in [5, 5.41) is 4.44. The maximum absolute atomic E-state index is 11.9. The fourth-order valence-electron chi connectivity index (χ4n) is 2.13. The van der Waals surface area contributed by atoms with Crippen LogP contribution in [0.5, 0.6) is 0 Å². The average Bonchev–Trinajstić information content (AvgIpc) is 2.49. The second-order valence-electron chi connectivity index (χ2n) is 4.78. The molecule has 0 saturated carbocycles. The molecule has 9 heteroatoms. The normalized spacial score (nSPS) is 25.7. The molecule has 1 aromatic rings. The number of nitrogens with one attached hydrogen (secondary N) is 2. The molecule has 3 amide bonds. The molecule has 112 valence electrons. The number of anilines is 1. The Bertz CT molecular complexity index is 555. The summed E-state index contributed by atoms with van der Waals surface area (Å²) in [5.74, 6) is 4.84. The summed E-state index contributed by atoms with van der Waals surface area (Å²) in [5.41, 5.74) is 6.47. The van der Waals surface area contributed by atoms with Crippen LogP contribution < -0.4 is 22.2 Å². The molecular formula is C12H17N5O3P+. The summed E-state index contributed by atoms with van der Waals surface area (Å²) >= 11 is 0. The van der Waals surface area contributed by atoms with Gasteiger partial charge in [0.2, 0.25) is 0 Å². The number of hydrazine groups is 1. The van der Waals surface area contributed by atoms with Crippen LogP contribution in [0.25, 0.3) is 0 Å². The van der Waals surface area contributed by atoms with Gasteiger partial charge in [-0.15, -0.1) is 0 Å². The third-order valence-electron chi connectivity index (χ3n) is 3.33. The molecule has 0 aliphatic carbocycles. The number of amides is 3. The molecule has 1 saturated heterocycles. The van der Waals surface area contributed by atoms with Gasteiger partial charge in [0.25, 0.3) is 0 Å². The molecule has 1 fully saturated rings. The van der Waals surface area contributed by atoms with Gasteiger partial charge in [0.15, 0.2) is 0 Å². The van der Waals surface area contributed by atoms with Gasteiger partial charge in [0.05, 0.1) is 0 Å². The van der Waals surface area contributed by atoms with Crippen LogP contribution in [0.2, 0.25) is 0 Å². The zero-order valence-electron chi connectivity index (χ0n) is 11.2. The van der Waals surface area contributed by atoms with Gasteiger partial charge in [-0.05, 0) is 18.6 Å². The zero-order valence-corrected chi connectivity index (χ0v) is 12.2. The topological polar surface area (TPSA) is 131 Å². The molecule has 2 unspecified atom stereocenters. The molecule has 1 aliphatic rings. The van der Waals surface area contributed by atoms with Crippen molar-refractivity contribution in [2.24, 2.45) is 11.6 Å². The molecule has 1 heterocycles. The standard InChI is InChI=1S/C12H16N5O3P/c13-12(21-20)9(6-7-17(14)10(12)18)16-11(19)15-8-4-2-1-3-5-8/h1-5,9H,6-7,13-14H2,(H2,15,16,19)/p+1/t9?,12-/m0/s1. The van der Waals surface area contributed by atoms with Crippen LogP contribution in [-0.2, 0) is 9.36 Å². The molecule has 0 radical (unpaired) electrons. The van der Waals surface area contributed by atoms with Crippen molar-refractivity contribution in [3.05, 3.63) is 30.3 Å². The highest BCUT2D eigenvalue weighted by Gasteiger charge is 2.56. The first-order chi connectivity index (χ1) is 9.97. The monoisotopic (exact) mass is 310 g/mol. The molecule has 1 aliphatic heterocycles. The minimum Gasteiger partial charge on any atom is -0.328 e. The first kappa shape index (κ1) is 15.4. The van der Waals surface area contributed by atoms with Gasteiger partial charge in [0.1, 0.15) is 6.04 Å². The van der Waals surface area contributed by atoms with Crippen molar-refractivity contribution >= 4 is 26.1 Å². The van der Waals surface area contributed by atoms with Gasteiger partial charge in [-0.2, -0.15) is 0 Å². The fourth-order valence-corrected chi connectivity index (χ4v) is 2.72. The number of para-hydroxylation sites is 1. The van der Waals surface area contributed by atoms with Crippen molar-refractivity contribution in [3.8, 4) is 0 Å². The Balaban J connectivity index is 2.06. The Morgan fingerprint density at radius 3 is 2.67 bits per heavy atom. The molecule has 6 N–H and O–H groups in total. The lowest BCUT2D eigenvalue weighted by Crippen LogP contribution is -2.69. The van der Waals surface area contributed by atoms with Gasteiger partial charge < -0.3 is 10.6 Å². The number of hydrogen-bond donors (Lipinski definition) is 4. The van der Waals surface area contributed by atoms with Crippen molar-refractivity contribution in [1.29, 1.82) is 0 Å². The van der Waals surface area contributed by atoms with Crippen molar-refractivity contribution in [2.75, 3.05) is 11.9 Å². The number of nitrogens with zero attached hydrogens (tertiary/aromatic N) is 1. The van der Waals surface area contributed by atoms with Crippen molar-refractivity contribution in [3.63, 3.8) is 0 Å². The maximum Gasteiger partial charge on any atom is 0.359 e. The van der Waals surface area contributed by atoms with Gasteiger partial charge in [-0.1, -0.05) is 22.8 Å². The Labute approximate surface area is 123 Å². The van der Waals surface area contributed by atoms with E-state index in [9.17, 15) is 14.2 Å². The summed E-state index contributed by atoms with van der Waals surface area (Å²) in [6.45, 7) is 0.235. The van der Waals surface area contributed by atoms with Crippen LogP contribution in [0, 0.1) is 0 Å². The van der Waals surface area contributed by atoms with E-state index in [1.165, 1.54) is 0 Å². The Morgan fingerprint density at radius 1 is 1.38 bits per heavy atom. The van der Waals surface area contributed by atoms with Crippen molar-refractivity contribution in [2.45, 2.75) is 17.7 Å². The fraction of sp³-hybridized carbons (Fsp3) is 0.333. The first-order valence-electron chi connectivity index (χ1n) is 6.35. The summed E-state index contributed by atoms with van der Waals surface area (Å²) in [6.07, 6.45) is 0.330. The number of carbonyl (C=O) groups excluding carboxylic acids is 2. The number of nitrogens with two attached hydrogens (primary N) is 2. The highest BCUT2D eigenvalue weighted by atomic mass is 31.1. The Morgan fingerprint density at radius 2 is 2.05 bits per heavy atom. The van der Waals surface area contributed by atoms with Crippen molar-refractivity contribution in [1.82, 2.24) is 10.3 Å². The highest BCUT2D eigenvalue weighted by molar-refractivity contribution is 7.27. The molecule has 2 rings (SSSR count). The van der Waals surface area contributed by atoms with E-state index in [4.69, 9.17) is 11.6 Å². The summed E-state index contributed by atoms with van der Waals surface area (Å²) in [7, 11) is -1.11. The van der Waals surface area contributed by atoms with E-state index >= 15 is 0 Å². The second-order valence-corrected chi connectivity index (χ2v) is 5.81. The number of rotatable bonds is 3. The molecule has 0 spiro atoms. The molecule has 3 atom stereocenters. The number of urea groups is 1. The number of piperidine rings is 1. The number of hydrogen-bond acceptors (Lipinski definition) is 5. The van der Waals surface area contributed by atoms with E-state index in [0.717, 1.165) is 5.01 Å². The van der Waals surface area contributed by atoms with E-state index in [0.29, 0.717) is 12.1 Å². The van der Waals surface area contributed by atoms with Crippen LogP contribution in [-0.4, -0.2) is 34.8 Å². The number of benzene rings is 1.